The van der Waals surface area contributed by atoms with E-state index in [1.54, 1.807) is 25.3 Å². The first kappa shape index (κ1) is 28.5. The third kappa shape index (κ3) is 5.47. The number of benzene rings is 2. The van der Waals surface area contributed by atoms with Crippen LogP contribution in [0.5, 0.6) is 5.88 Å². The van der Waals surface area contributed by atoms with Crippen LogP contribution in [0.1, 0.15) is 30.4 Å². The second kappa shape index (κ2) is 11.8. The minimum absolute atomic E-state index is 0.266. The maximum Gasteiger partial charge on any atom is 0.259 e. The number of hydrogen-bond donors (Lipinski definition) is 1. The quantitative estimate of drug-likeness (QED) is 0.320. The molecule has 5 rings (SSSR count). The number of nitrogens with one attached hydrogen (secondary N) is 1. The topological polar surface area (TPSA) is 66.9 Å². The molecule has 2 aliphatic rings. The van der Waals surface area contributed by atoms with Gasteiger partial charge in [0.05, 0.1) is 30.0 Å². The van der Waals surface area contributed by atoms with Crippen LogP contribution in [0.15, 0.2) is 85.0 Å². The van der Waals surface area contributed by atoms with Gasteiger partial charge in [-0.1, -0.05) is 62.0 Å². The van der Waals surface area contributed by atoms with Gasteiger partial charge in [-0.05, 0) is 48.1 Å². The zero-order valence-corrected chi connectivity index (χ0v) is 24.7. The fraction of sp³-hybridized carbons (Fsp3) is 0.273. The summed E-state index contributed by atoms with van der Waals surface area (Å²) in [5.41, 5.74) is 7.47. The van der Waals surface area contributed by atoms with E-state index in [2.05, 4.69) is 31.5 Å². The molecule has 1 unspecified atom stereocenters. The summed E-state index contributed by atoms with van der Waals surface area (Å²) in [7, 11) is 5.15. The number of nitrogens with zero attached hydrogens (tertiary/aromatic N) is 3. The van der Waals surface area contributed by atoms with Gasteiger partial charge in [0.15, 0.2) is 0 Å². The molecule has 0 spiro atoms. The number of aryl methyl sites for hydroxylation is 1. The Bertz CT molecular complexity index is 1560. The lowest BCUT2D eigenvalue weighted by Gasteiger charge is -2.37. The normalized spacial score (nSPS) is 16.5. The number of ether oxygens (including phenoxy) is 2. The van der Waals surface area contributed by atoms with Gasteiger partial charge in [0.1, 0.15) is 5.82 Å². The maximum atomic E-state index is 13.4. The van der Waals surface area contributed by atoms with Crippen LogP contribution in [0.4, 0.5) is 5.69 Å². The molecule has 3 aromatic rings. The van der Waals surface area contributed by atoms with Crippen molar-refractivity contribution in [3.05, 3.63) is 101 Å². The average molecular weight is 571 g/mol. The van der Waals surface area contributed by atoms with Gasteiger partial charge in [-0.3, -0.25) is 4.79 Å². The molecule has 0 saturated carbocycles. The van der Waals surface area contributed by atoms with Gasteiger partial charge in [-0.25, -0.2) is 4.98 Å². The summed E-state index contributed by atoms with van der Waals surface area (Å²) in [6.07, 6.45) is 3.85. The molecule has 0 fully saturated rings. The summed E-state index contributed by atoms with van der Waals surface area (Å²) in [6.45, 7) is 11.5. The number of likely N-dealkylation sites (N-methyl/N-ethyl adjacent to an activating group) is 1. The van der Waals surface area contributed by atoms with Crippen LogP contribution in [0, 0.1) is 0 Å². The Morgan fingerprint density at radius 3 is 2.66 bits per heavy atom. The molecule has 2 aromatic carbocycles. The van der Waals surface area contributed by atoms with Gasteiger partial charge in [-0.2, -0.15) is 0 Å². The lowest BCUT2D eigenvalue weighted by molar-refractivity contribution is -0.112. The lowest BCUT2D eigenvalue weighted by atomic mass is 9.99. The number of hydrogen-bond acceptors (Lipinski definition) is 6. The maximum absolute atomic E-state index is 13.4. The van der Waals surface area contributed by atoms with Crippen LogP contribution in [0.3, 0.4) is 0 Å². The zero-order chi connectivity index (χ0) is 29.3. The van der Waals surface area contributed by atoms with Crippen molar-refractivity contribution < 1.29 is 14.3 Å². The molecule has 1 amide bonds. The number of rotatable bonds is 8. The highest BCUT2D eigenvalue weighted by atomic mass is 35.5. The van der Waals surface area contributed by atoms with E-state index in [1.807, 2.05) is 54.4 Å². The highest BCUT2D eigenvalue weighted by Gasteiger charge is 2.27. The Morgan fingerprint density at radius 2 is 1.90 bits per heavy atom. The third-order valence-corrected chi connectivity index (χ3v) is 8.26. The first-order chi connectivity index (χ1) is 19.7. The van der Waals surface area contributed by atoms with Crippen LogP contribution in [-0.4, -0.2) is 55.1 Å². The standard InChI is InChI=1S/C33H35ClN4O3/c1-20-13-14-24-18-29(36-33(41-6)30(20)24)27-12-8-11-26(31(27)34)23-9-7-10-25(17-23)35-32(39)28-19-38(15-16-40-5)22(3)37(4)21(28)2/h7-12,17-20H,2-3,13-16H2,1,4-6H3,(H,35,39). The van der Waals surface area contributed by atoms with Crippen molar-refractivity contribution in [2.75, 3.05) is 39.7 Å². The summed E-state index contributed by atoms with van der Waals surface area (Å²) in [5.74, 6) is 1.56. The lowest BCUT2D eigenvalue weighted by Crippen LogP contribution is -2.38. The van der Waals surface area contributed by atoms with E-state index >= 15 is 0 Å². The van der Waals surface area contributed by atoms with E-state index in [0.29, 0.717) is 46.9 Å². The Morgan fingerprint density at radius 1 is 1.15 bits per heavy atom. The first-order valence-electron chi connectivity index (χ1n) is 13.6. The molecule has 1 atom stereocenters. The summed E-state index contributed by atoms with van der Waals surface area (Å²) in [5, 5.41) is 3.61. The van der Waals surface area contributed by atoms with Crippen molar-refractivity contribution in [1.82, 2.24) is 14.8 Å². The van der Waals surface area contributed by atoms with E-state index in [4.69, 9.17) is 26.1 Å². The zero-order valence-electron chi connectivity index (χ0n) is 24.0. The largest absolute Gasteiger partial charge is 0.481 e. The van der Waals surface area contributed by atoms with Crippen molar-refractivity contribution in [3.63, 3.8) is 0 Å². The molecule has 8 heteroatoms. The molecule has 0 radical (unpaired) electrons. The van der Waals surface area contributed by atoms with E-state index in [0.717, 1.165) is 41.0 Å². The fourth-order valence-corrected chi connectivity index (χ4v) is 5.78. The molecule has 1 N–H and O–H groups in total. The van der Waals surface area contributed by atoms with Gasteiger partial charge in [-0.15, -0.1) is 0 Å². The highest BCUT2D eigenvalue weighted by molar-refractivity contribution is 6.36. The van der Waals surface area contributed by atoms with Crippen LogP contribution >= 0.6 is 11.6 Å². The third-order valence-electron chi connectivity index (χ3n) is 7.85. The van der Waals surface area contributed by atoms with Crippen molar-refractivity contribution in [3.8, 4) is 28.3 Å². The molecule has 2 heterocycles. The number of carbonyl (C=O) groups is 1. The number of amides is 1. The van der Waals surface area contributed by atoms with Gasteiger partial charge in [0.2, 0.25) is 5.88 Å². The minimum atomic E-state index is -0.266. The van der Waals surface area contributed by atoms with Gasteiger partial charge >= 0.3 is 0 Å². The number of methoxy groups -OCH3 is 2. The number of carbonyl (C=O) groups excluding carboxylic acids is 1. The number of fused-ring (bicyclic) bond motifs is 1. The number of aromatic nitrogens is 1. The molecule has 41 heavy (non-hydrogen) atoms. The van der Waals surface area contributed by atoms with E-state index in [-0.39, 0.29) is 5.91 Å². The fourth-order valence-electron chi connectivity index (χ4n) is 5.45. The second-order valence-corrected chi connectivity index (χ2v) is 10.8. The second-order valence-electron chi connectivity index (χ2n) is 10.4. The minimum Gasteiger partial charge on any atom is -0.481 e. The van der Waals surface area contributed by atoms with Crippen LogP contribution in [0.2, 0.25) is 5.02 Å². The summed E-state index contributed by atoms with van der Waals surface area (Å²) in [4.78, 5) is 21.9. The molecule has 7 nitrogen and oxygen atoms in total. The van der Waals surface area contributed by atoms with E-state index < -0.39 is 0 Å². The van der Waals surface area contributed by atoms with E-state index in [1.165, 1.54) is 11.1 Å². The summed E-state index contributed by atoms with van der Waals surface area (Å²) >= 11 is 7.02. The van der Waals surface area contributed by atoms with Gasteiger partial charge in [0, 0.05) is 55.0 Å². The molecular formula is C33H35ClN4O3. The van der Waals surface area contributed by atoms with Gasteiger partial charge < -0.3 is 24.6 Å². The van der Waals surface area contributed by atoms with Crippen LogP contribution in [0.25, 0.3) is 22.4 Å². The molecule has 1 aliphatic heterocycles. The van der Waals surface area contributed by atoms with Crippen molar-refractivity contribution in [1.29, 1.82) is 0 Å². The molecule has 0 bridgehead atoms. The predicted octanol–water partition coefficient (Wildman–Crippen LogP) is 6.83. The van der Waals surface area contributed by atoms with Crippen molar-refractivity contribution in [2.24, 2.45) is 0 Å². The number of halogens is 1. The molecular weight excluding hydrogens is 536 g/mol. The average Bonchev–Trinajstić information content (AvgIpc) is 3.35. The molecule has 1 aliphatic carbocycles. The Balaban J connectivity index is 1.43. The Hall–Kier alpha value is -4.07. The predicted molar refractivity (Wildman–Crippen MR) is 165 cm³/mol. The molecule has 0 saturated heterocycles. The number of pyridine rings is 1. The smallest absolute Gasteiger partial charge is 0.259 e. The van der Waals surface area contributed by atoms with E-state index in [9.17, 15) is 4.79 Å². The highest BCUT2D eigenvalue weighted by Crippen LogP contribution is 2.42. The molecule has 212 valence electrons. The number of anilines is 1. The molecule has 1 aromatic heterocycles. The van der Waals surface area contributed by atoms with Gasteiger partial charge in [0.25, 0.3) is 5.91 Å². The van der Waals surface area contributed by atoms with Crippen molar-refractivity contribution >= 4 is 23.2 Å². The van der Waals surface area contributed by atoms with Crippen molar-refractivity contribution in [2.45, 2.75) is 25.7 Å². The van der Waals surface area contributed by atoms with Crippen LogP contribution in [-0.2, 0) is 16.0 Å². The SMILES string of the molecule is C=C1C(C(=O)Nc2cccc(-c3cccc(-c4cc5c(c(OC)n4)C(C)CC5)c3Cl)c2)=CN(CCOC)C(=C)N1C. The summed E-state index contributed by atoms with van der Waals surface area (Å²) < 4.78 is 10.9. The Kier molecular flexibility index (Phi) is 8.20. The van der Waals surface area contributed by atoms with Crippen LogP contribution < -0.4 is 10.1 Å². The summed E-state index contributed by atoms with van der Waals surface area (Å²) in [6, 6.07) is 15.7. The Labute approximate surface area is 246 Å². The first-order valence-corrected chi connectivity index (χ1v) is 14.0. The monoisotopic (exact) mass is 570 g/mol.